The molecule has 0 unspecified atom stereocenters. The number of thiophene rings is 1. The summed E-state index contributed by atoms with van der Waals surface area (Å²) in [6.45, 7) is 0. The Bertz CT molecular complexity index is 1080. The van der Waals surface area contributed by atoms with Gasteiger partial charge in [-0.05, 0) is 61.9 Å². The van der Waals surface area contributed by atoms with Gasteiger partial charge in [-0.15, -0.1) is 11.3 Å². The molecule has 1 aromatic heterocycles. The van der Waals surface area contributed by atoms with Crippen molar-refractivity contribution >= 4 is 32.3 Å². The maximum Gasteiger partial charge on any atom is 0.256 e. The van der Waals surface area contributed by atoms with Crippen molar-refractivity contribution in [1.82, 2.24) is 4.31 Å². The average Bonchev–Trinajstić information content (AvgIpc) is 3.45. The van der Waals surface area contributed by atoms with Crippen molar-refractivity contribution in [2.75, 3.05) is 12.4 Å². The largest absolute Gasteiger partial charge is 0.312 e. The molecule has 1 N–H and O–H groups in total. The minimum atomic E-state index is -3.57. The number of anilines is 1. The second kappa shape index (κ2) is 7.90. The van der Waals surface area contributed by atoms with Crippen LogP contribution in [0.1, 0.15) is 58.5 Å². The van der Waals surface area contributed by atoms with Crippen molar-refractivity contribution < 1.29 is 13.2 Å². The monoisotopic (exact) mass is 429 g/mol. The molecule has 152 valence electrons. The van der Waals surface area contributed by atoms with Crippen LogP contribution in [0.5, 0.6) is 0 Å². The highest BCUT2D eigenvalue weighted by Gasteiger charge is 2.30. The summed E-state index contributed by atoms with van der Waals surface area (Å²) in [6.07, 6.45) is 6.78. The van der Waals surface area contributed by atoms with E-state index in [9.17, 15) is 18.5 Å². The lowest BCUT2D eigenvalue weighted by Gasteiger charge is -2.23. The third-order valence-electron chi connectivity index (χ3n) is 5.89. The topological polar surface area (TPSA) is 90.3 Å². The summed E-state index contributed by atoms with van der Waals surface area (Å²) in [5, 5.41) is 12.9. The lowest BCUT2D eigenvalue weighted by Crippen LogP contribution is -2.35. The van der Waals surface area contributed by atoms with Crippen LogP contribution in [-0.2, 0) is 22.9 Å². The van der Waals surface area contributed by atoms with Crippen LogP contribution in [0.15, 0.2) is 29.2 Å². The molecular formula is C21H23N3O3S2. The summed E-state index contributed by atoms with van der Waals surface area (Å²) < 4.78 is 27.2. The molecule has 1 aromatic carbocycles. The number of hydrogen-bond donors (Lipinski definition) is 1. The molecule has 1 amide bonds. The first kappa shape index (κ1) is 20.1. The number of aryl methyl sites for hydroxylation is 1. The van der Waals surface area contributed by atoms with Gasteiger partial charge in [0.2, 0.25) is 10.0 Å². The predicted octanol–water partition coefficient (Wildman–Crippen LogP) is 3.92. The Morgan fingerprint density at radius 1 is 1.17 bits per heavy atom. The maximum atomic E-state index is 12.8. The van der Waals surface area contributed by atoms with Crippen molar-refractivity contribution in [2.45, 2.75) is 55.9 Å². The SMILES string of the molecule is CN(C1CCCC1)S(=O)(=O)c1ccc(C(=O)Nc2sc3c(c2C#N)CCC3)cc1. The van der Waals surface area contributed by atoms with E-state index in [1.165, 1.54) is 44.8 Å². The van der Waals surface area contributed by atoms with E-state index >= 15 is 0 Å². The maximum absolute atomic E-state index is 12.8. The Morgan fingerprint density at radius 2 is 1.86 bits per heavy atom. The Morgan fingerprint density at radius 3 is 2.52 bits per heavy atom. The molecule has 0 bridgehead atoms. The third kappa shape index (κ3) is 3.70. The Hall–Kier alpha value is -2.21. The molecule has 8 heteroatoms. The summed E-state index contributed by atoms with van der Waals surface area (Å²) >= 11 is 1.46. The quantitative estimate of drug-likeness (QED) is 0.780. The molecule has 0 saturated heterocycles. The lowest BCUT2D eigenvalue weighted by atomic mass is 10.1. The van der Waals surface area contributed by atoms with E-state index in [0.717, 1.165) is 50.5 Å². The van der Waals surface area contributed by atoms with Crippen molar-refractivity contribution in [3.8, 4) is 6.07 Å². The number of benzene rings is 1. The fourth-order valence-electron chi connectivity index (χ4n) is 4.19. The smallest absolute Gasteiger partial charge is 0.256 e. The van der Waals surface area contributed by atoms with Crippen molar-refractivity contribution in [3.63, 3.8) is 0 Å². The zero-order chi connectivity index (χ0) is 20.6. The van der Waals surface area contributed by atoms with Gasteiger partial charge < -0.3 is 5.32 Å². The van der Waals surface area contributed by atoms with Gasteiger partial charge in [0.15, 0.2) is 0 Å². The van der Waals surface area contributed by atoms with E-state index in [4.69, 9.17) is 0 Å². The normalized spacial score (nSPS) is 16.7. The molecule has 1 saturated carbocycles. The highest BCUT2D eigenvalue weighted by molar-refractivity contribution is 7.89. The Kier molecular flexibility index (Phi) is 5.47. The summed E-state index contributed by atoms with van der Waals surface area (Å²) in [5.74, 6) is -0.338. The number of fused-ring (bicyclic) bond motifs is 1. The number of nitrogens with one attached hydrogen (secondary N) is 1. The second-order valence-electron chi connectivity index (χ2n) is 7.61. The molecule has 1 heterocycles. The molecule has 0 spiro atoms. The first-order valence-electron chi connectivity index (χ1n) is 9.86. The van der Waals surface area contributed by atoms with E-state index in [1.807, 2.05) is 0 Å². The molecule has 29 heavy (non-hydrogen) atoms. The summed E-state index contributed by atoms with van der Waals surface area (Å²) in [6, 6.07) is 8.28. The fourth-order valence-corrected chi connectivity index (χ4v) is 6.85. The number of hydrogen-bond acceptors (Lipinski definition) is 5. The molecule has 0 atom stereocenters. The molecule has 6 nitrogen and oxygen atoms in total. The minimum absolute atomic E-state index is 0.0492. The highest BCUT2D eigenvalue weighted by Crippen LogP contribution is 2.38. The molecule has 4 rings (SSSR count). The standard InChI is InChI=1S/C21H23N3O3S2/c1-24(15-5-2-3-6-15)29(26,27)16-11-9-14(10-12-16)20(25)23-21-18(13-22)17-7-4-8-19(17)28-21/h9-12,15H,2-8H2,1H3,(H,23,25). The number of nitriles is 1. The number of sulfonamides is 1. The summed E-state index contributed by atoms with van der Waals surface area (Å²) in [5.41, 5.74) is 1.99. The average molecular weight is 430 g/mol. The minimum Gasteiger partial charge on any atom is -0.312 e. The third-order valence-corrected chi connectivity index (χ3v) is 9.02. The zero-order valence-corrected chi connectivity index (χ0v) is 17.9. The summed E-state index contributed by atoms with van der Waals surface area (Å²) in [4.78, 5) is 14.0. The molecule has 2 aliphatic rings. The molecule has 2 aromatic rings. The van der Waals surface area contributed by atoms with E-state index in [1.54, 1.807) is 7.05 Å². The number of carbonyl (C=O) groups excluding carboxylic acids is 1. The van der Waals surface area contributed by atoms with E-state index in [2.05, 4.69) is 11.4 Å². The Balaban J connectivity index is 1.51. The van der Waals surface area contributed by atoms with Gasteiger partial charge in [0, 0.05) is 23.5 Å². The fraction of sp³-hybridized carbons (Fsp3) is 0.429. The first-order chi connectivity index (χ1) is 13.9. The molecule has 1 fully saturated rings. The van der Waals surface area contributed by atoms with E-state index in [0.29, 0.717) is 16.1 Å². The van der Waals surface area contributed by atoms with Gasteiger partial charge in [0.25, 0.3) is 5.91 Å². The van der Waals surface area contributed by atoms with Crippen LogP contribution >= 0.6 is 11.3 Å². The van der Waals surface area contributed by atoms with Crippen LogP contribution < -0.4 is 5.32 Å². The van der Waals surface area contributed by atoms with Gasteiger partial charge in [-0.3, -0.25) is 4.79 Å². The van der Waals surface area contributed by atoms with Gasteiger partial charge in [0.1, 0.15) is 11.1 Å². The van der Waals surface area contributed by atoms with Crippen LogP contribution in [0, 0.1) is 11.3 Å². The Labute approximate surface area is 175 Å². The number of amides is 1. The molecule has 2 aliphatic carbocycles. The van der Waals surface area contributed by atoms with Crippen LogP contribution in [-0.4, -0.2) is 31.7 Å². The first-order valence-corrected chi connectivity index (χ1v) is 12.1. The number of nitrogens with zero attached hydrogens (tertiary/aromatic N) is 2. The summed E-state index contributed by atoms with van der Waals surface area (Å²) in [7, 11) is -1.94. The van der Waals surface area contributed by atoms with E-state index < -0.39 is 10.0 Å². The van der Waals surface area contributed by atoms with E-state index in [-0.39, 0.29) is 16.8 Å². The zero-order valence-electron chi connectivity index (χ0n) is 16.3. The van der Waals surface area contributed by atoms with Crippen molar-refractivity contribution in [1.29, 1.82) is 5.26 Å². The van der Waals surface area contributed by atoms with Crippen LogP contribution in [0.3, 0.4) is 0 Å². The highest BCUT2D eigenvalue weighted by atomic mass is 32.2. The van der Waals surface area contributed by atoms with Crippen LogP contribution in [0.4, 0.5) is 5.00 Å². The lowest BCUT2D eigenvalue weighted by molar-refractivity contribution is 0.102. The molecular weight excluding hydrogens is 406 g/mol. The van der Waals surface area contributed by atoms with Gasteiger partial charge in [-0.2, -0.15) is 9.57 Å². The van der Waals surface area contributed by atoms with Gasteiger partial charge in [-0.25, -0.2) is 8.42 Å². The predicted molar refractivity (Wildman–Crippen MR) is 113 cm³/mol. The number of carbonyl (C=O) groups is 1. The van der Waals surface area contributed by atoms with Crippen LogP contribution in [0.25, 0.3) is 0 Å². The van der Waals surface area contributed by atoms with Crippen molar-refractivity contribution in [2.24, 2.45) is 0 Å². The van der Waals surface area contributed by atoms with Gasteiger partial charge in [0.05, 0.1) is 10.5 Å². The number of rotatable bonds is 5. The van der Waals surface area contributed by atoms with Crippen molar-refractivity contribution in [3.05, 3.63) is 45.8 Å². The molecule has 0 aliphatic heterocycles. The second-order valence-corrected chi connectivity index (χ2v) is 10.7. The van der Waals surface area contributed by atoms with Crippen LogP contribution in [0.2, 0.25) is 0 Å². The van der Waals surface area contributed by atoms with Gasteiger partial charge >= 0.3 is 0 Å². The molecule has 0 radical (unpaired) electrons. The van der Waals surface area contributed by atoms with Gasteiger partial charge in [-0.1, -0.05) is 12.8 Å².